The number of hydrogen-bond donors (Lipinski definition) is 2. The van der Waals surface area contributed by atoms with Crippen molar-refractivity contribution < 1.29 is 14.7 Å². The average molecular weight is 239 g/mol. The highest BCUT2D eigenvalue weighted by Crippen LogP contribution is 2.58. The molecule has 4 unspecified atom stereocenters. The van der Waals surface area contributed by atoms with E-state index in [0.717, 1.165) is 19.3 Å². The smallest absolute Gasteiger partial charge is 0.307 e. The lowest BCUT2D eigenvalue weighted by molar-refractivity contribution is -0.140. The van der Waals surface area contributed by atoms with Gasteiger partial charge in [-0.15, -0.1) is 0 Å². The molecule has 96 valence electrons. The maximum atomic E-state index is 12.0. The lowest BCUT2D eigenvalue weighted by Gasteiger charge is -2.12. The second-order valence-corrected chi connectivity index (χ2v) is 6.24. The number of carboxylic acid groups (broad SMARTS) is 1. The Bertz CT molecular complexity index is 351. The van der Waals surface area contributed by atoms with E-state index < -0.39 is 11.9 Å². The number of amides is 1. The van der Waals surface area contributed by atoms with E-state index in [0.29, 0.717) is 5.92 Å². The molecule has 0 aliphatic heterocycles. The molecule has 1 amide bonds. The summed E-state index contributed by atoms with van der Waals surface area (Å²) >= 11 is 0. The van der Waals surface area contributed by atoms with E-state index in [2.05, 4.69) is 12.2 Å². The van der Waals surface area contributed by atoms with Crippen LogP contribution in [0.5, 0.6) is 0 Å². The number of carbonyl (C=O) groups excluding carboxylic acids is 1. The van der Waals surface area contributed by atoms with E-state index in [1.807, 2.05) is 13.8 Å². The van der Waals surface area contributed by atoms with Crippen LogP contribution in [0.2, 0.25) is 0 Å². The summed E-state index contributed by atoms with van der Waals surface area (Å²) in [5, 5.41) is 12.0. The molecule has 0 heterocycles. The SMILES string of the molecule is CC1CCC(NC(=O)C2C(C(=O)O)C2(C)C)C1. The normalized spacial score (nSPS) is 38.8. The predicted molar refractivity (Wildman–Crippen MR) is 63.3 cm³/mol. The molecule has 0 bridgehead atoms. The Morgan fingerprint density at radius 3 is 2.29 bits per heavy atom. The first-order valence-electron chi connectivity index (χ1n) is 6.37. The molecule has 2 N–H and O–H groups in total. The van der Waals surface area contributed by atoms with Gasteiger partial charge in [0.15, 0.2) is 0 Å². The third kappa shape index (κ3) is 2.17. The van der Waals surface area contributed by atoms with Gasteiger partial charge in [0.05, 0.1) is 11.8 Å². The molecular weight excluding hydrogens is 218 g/mol. The molecule has 17 heavy (non-hydrogen) atoms. The van der Waals surface area contributed by atoms with E-state index in [-0.39, 0.29) is 23.3 Å². The highest BCUT2D eigenvalue weighted by molar-refractivity contribution is 5.91. The van der Waals surface area contributed by atoms with Crippen LogP contribution in [0.4, 0.5) is 0 Å². The van der Waals surface area contributed by atoms with Gasteiger partial charge >= 0.3 is 5.97 Å². The minimum absolute atomic E-state index is 0.0681. The number of carboxylic acids is 1. The molecule has 0 radical (unpaired) electrons. The summed E-state index contributed by atoms with van der Waals surface area (Å²) in [4.78, 5) is 23.0. The van der Waals surface area contributed by atoms with Crippen LogP contribution in [0.15, 0.2) is 0 Å². The zero-order valence-corrected chi connectivity index (χ0v) is 10.7. The fraction of sp³-hybridized carbons (Fsp3) is 0.846. The highest BCUT2D eigenvalue weighted by atomic mass is 16.4. The Labute approximate surface area is 102 Å². The number of carbonyl (C=O) groups is 2. The summed E-state index contributed by atoms with van der Waals surface area (Å²) in [6, 6.07) is 0.253. The Morgan fingerprint density at radius 1 is 1.24 bits per heavy atom. The van der Waals surface area contributed by atoms with Gasteiger partial charge in [-0.3, -0.25) is 9.59 Å². The van der Waals surface area contributed by atoms with Gasteiger partial charge in [-0.25, -0.2) is 0 Å². The third-order valence-corrected chi connectivity index (χ3v) is 4.42. The molecule has 4 atom stereocenters. The van der Waals surface area contributed by atoms with Gasteiger partial charge < -0.3 is 10.4 Å². The molecule has 2 rings (SSSR count). The Morgan fingerprint density at radius 2 is 1.88 bits per heavy atom. The van der Waals surface area contributed by atoms with Crippen LogP contribution < -0.4 is 5.32 Å². The topological polar surface area (TPSA) is 66.4 Å². The van der Waals surface area contributed by atoms with E-state index in [9.17, 15) is 9.59 Å². The van der Waals surface area contributed by atoms with Crippen LogP contribution in [-0.2, 0) is 9.59 Å². The van der Waals surface area contributed by atoms with Crippen molar-refractivity contribution in [3.63, 3.8) is 0 Å². The Hall–Kier alpha value is -1.06. The molecule has 0 saturated heterocycles. The van der Waals surface area contributed by atoms with E-state index in [4.69, 9.17) is 5.11 Å². The van der Waals surface area contributed by atoms with Crippen molar-refractivity contribution in [3.05, 3.63) is 0 Å². The predicted octanol–water partition coefficient (Wildman–Crippen LogP) is 1.65. The minimum atomic E-state index is -0.852. The van der Waals surface area contributed by atoms with Gasteiger partial charge in [0.1, 0.15) is 0 Å². The second-order valence-electron chi connectivity index (χ2n) is 6.24. The first-order valence-corrected chi connectivity index (χ1v) is 6.37. The first kappa shape index (κ1) is 12.4. The maximum Gasteiger partial charge on any atom is 0.307 e. The number of nitrogens with one attached hydrogen (secondary N) is 1. The monoisotopic (exact) mass is 239 g/mol. The largest absolute Gasteiger partial charge is 0.481 e. The van der Waals surface area contributed by atoms with Gasteiger partial charge in [0.25, 0.3) is 0 Å². The van der Waals surface area contributed by atoms with Crippen molar-refractivity contribution >= 4 is 11.9 Å². The number of rotatable bonds is 3. The molecule has 2 fully saturated rings. The van der Waals surface area contributed by atoms with Crippen molar-refractivity contribution in [1.29, 1.82) is 0 Å². The van der Waals surface area contributed by atoms with Crippen LogP contribution >= 0.6 is 0 Å². The standard InChI is InChI=1S/C13H21NO3/c1-7-4-5-8(6-7)14-11(15)9-10(12(16)17)13(9,2)3/h7-10H,4-6H2,1-3H3,(H,14,15)(H,16,17). The van der Waals surface area contributed by atoms with Crippen molar-refractivity contribution in [3.8, 4) is 0 Å². The van der Waals surface area contributed by atoms with Gasteiger partial charge in [0.2, 0.25) is 5.91 Å². The van der Waals surface area contributed by atoms with Crippen LogP contribution in [-0.4, -0.2) is 23.0 Å². The van der Waals surface area contributed by atoms with Crippen LogP contribution in [0.3, 0.4) is 0 Å². The zero-order chi connectivity index (χ0) is 12.8. The van der Waals surface area contributed by atoms with E-state index in [1.165, 1.54) is 0 Å². The van der Waals surface area contributed by atoms with Gasteiger partial charge in [-0.05, 0) is 30.6 Å². The fourth-order valence-corrected chi connectivity index (χ4v) is 3.22. The van der Waals surface area contributed by atoms with E-state index >= 15 is 0 Å². The fourth-order valence-electron chi connectivity index (χ4n) is 3.22. The zero-order valence-electron chi connectivity index (χ0n) is 10.7. The summed E-state index contributed by atoms with van der Waals surface area (Å²) in [5.41, 5.74) is -0.389. The second kappa shape index (κ2) is 4.00. The van der Waals surface area contributed by atoms with Crippen LogP contribution in [0.1, 0.15) is 40.0 Å². The first-order chi connectivity index (χ1) is 7.84. The molecule has 0 aromatic carbocycles. The molecular formula is C13H21NO3. The highest BCUT2D eigenvalue weighted by Gasteiger charge is 2.66. The lowest BCUT2D eigenvalue weighted by atomic mass is 10.1. The molecule has 4 nitrogen and oxygen atoms in total. The van der Waals surface area contributed by atoms with Crippen LogP contribution in [0, 0.1) is 23.2 Å². The van der Waals surface area contributed by atoms with Crippen molar-refractivity contribution in [2.45, 2.75) is 46.1 Å². The summed E-state index contributed by atoms with van der Waals surface area (Å²) in [6.45, 7) is 5.90. The molecule has 2 saturated carbocycles. The molecule has 4 heteroatoms. The molecule has 0 spiro atoms. The van der Waals surface area contributed by atoms with Gasteiger partial charge in [0, 0.05) is 6.04 Å². The number of hydrogen-bond acceptors (Lipinski definition) is 2. The maximum absolute atomic E-state index is 12.0. The molecule has 2 aliphatic rings. The molecule has 2 aliphatic carbocycles. The quantitative estimate of drug-likeness (QED) is 0.787. The summed E-state index contributed by atoms with van der Waals surface area (Å²) in [5.74, 6) is -1.11. The molecule has 0 aromatic rings. The molecule has 0 aromatic heterocycles. The van der Waals surface area contributed by atoms with E-state index in [1.54, 1.807) is 0 Å². The van der Waals surface area contributed by atoms with Crippen molar-refractivity contribution in [1.82, 2.24) is 5.32 Å². The Balaban J connectivity index is 1.92. The number of aliphatic carboxylic acids is 1. The van der Waals surface area contributed by atoms with Gasteiger partial charge in [-0.2, -0.15) is 0 Å². The van der Waals surface area contributed by atoms with Crippen LogP contribution in [0.25, 0.3) is 0 Å². The minimum Gasteiger partial charge on any atom is -0.481 e. The summed E-state index contributed by atoms with van der Waals surface area (Å²) < 4.78 is 0. The summed E-state index contributed by atoms with van der Waals surface area (Å²) in [7, 11) is 0. The summed E-state index contributed by atoms with van der Waals surface area (Å²) in [6.07, 6.45) is 3.20. The van der Waals surface area contributed by atoms with Gasteiger partial charge in [-0.1, -0.05) is 20.8 Å². The van der Waals surface area contributed by atoms with Crippen molar-refractivity contribution in [2.75, 3.05) is 0 Å². The van der Waals surface area contributed by atoms with Crippen molar-refractivity contribution in [2.24, 2.45) is 23.2 Å². The Kier molecular flexibility index (Phi) is 2.92. The average Bonchev–Trinajstić information content (AvgIpc) is 2.54. The lowest BCUT2D eigenvalue weighted by Crippen LogP contribution is -2.35. The third-order valence-electron chi connectivity index (χ3n) is 4.42.